The van der Waals surface area contributed by atoms with Gasteiger partial charge in [-0.25, -0.2) is 0 Å². The lowest BCUT2D eigenvalue weighted by molar-refractivity contribution is 0.792. The van der Waals surface area contributed by atoms with Crippen molar-refractivity contribution < 1.29 is 0 Å². The van der Waals surface area contributed by atoms with E-state index in [1.807, 2.05) is 18.3 Å². The summed E-state index contributed by atoms with van der Waals surface area (Å²) >= 11 is 8.34. The first-order valence-corrected chi connectivity index (χ1v) is 8.29. The SMILES string of the molecule is Clc1cnc2ccc(Cn3ccc4ncc(I)c-4c3)cc2c1. The first-order chi connectivity index (χ1) is 10.7. The number of hydrogen-bond donors (Lipinski definition) is 0. The summed E-state index contributed by atoms with van der Waals surface area (Å²) in [5.74, 6) is 0. The van der Waals surface area contributed by atoms with E-state index in [1.165, 1.54) is 14.7 Å². The molecule has 0 radical (unpaired) electrons. The Bertz CT molecular complexity index is 948. The molecule has 2 aliphatic rings. The lowest BCUT2D eigenvalue weighted by atomic mass is 10.1. The molecule has 0 aliphatic carbocycles. The average molecular weight is 420 g/mol. The molecule has 0 amide bonds. The Morgan fingerprint density at radius 3 is 2.91 bits per heavy atom. The van der Waals surface area contributed by atoms with Crippen molar-refractivity contribution in [2.24, 2.45) is 0 Å². The van der Waals surface area contributed by atoms with Crippen LogP contribution in [0, 0.1) is 3.57 Å². The van der Waals surface area contributed by atoms with Crippen LogP contribution in [-0.4, -0.2) is 14.5 Å². The lowest BCUT2D eigenvalue weighted by Crippen LogP contribution is -2.01. The van der Waals surface area contributed by atoms with Crippen LogP contribution in [0.25, 0.3) is 22.2 Å². The molecule has 5 heteroatoms. The van der Waals surface area contributed by atoms with Gasteiger partial charge in [-0.05, 0) is 52.4 Å². The molecule has 0 saturated heterocycles. The number of hydrogen-bond acceptors (Lipinski definition) is 2. The molecule has 3 nitrogen and oxygen atoms in total. The Kier molecular flexibility index (Phi) is 3.50. The molecule has 0 unspecified atom stereocenters. The third-order valence-corrected chi connectivity index (χ3v) is 4.71. The molecule has 3 heterocycles. The molecule has 0 N–H and O–H groups in total. The molecule has 0 saturated carbocycles. The Morgan fingerprint density at radius 1 is 1.09 bits per heavy atom. The molecular formula is C17H11ClIN3. The maximum absolute atomic E-state index is 6.03. The topological polar surface area (TPSA) is 30.7 Å². The zero-order valence-electron chi connectivity index (χ0n) is 11.5. The number of rotatable bonds is 2. The van der Waals surface area contributed by atoms with Crippen molar-refractivity contribution >= 4 is 45.1 Å². The number of fused-ring (bicyclic) bond motifs is 2. The zero-order chi connectivity index (χ0) is 15.1. The number of pyridine rings is 2. The summed E-state index contributed by atoms with van der Waals surface area (Å²) < 4.78 is 3.35. The molecule has 0 fully saturated rings. The van der Waals surface area contributed by atoms with Crippen LogP contribution in [0.15, 0.2) is 55.1 Å². The first-order valence-electron chi connectivity index (χ1n) is 6.83. The minimum atomic E-state index is 0.663. The van der Waals surface area contributed by atoms with Gasteiger partial charge in [-0.3, -0.25) is 9.97 Å². The zero-order valence-corrected chi connectivity index (χ0v) is 14.4. The standard InChI is InChI=1S/C17H11ClIN3/c18-13-6-12-5-11(1-2-16(12)20-7-13)9-22-4-3-17-14(10-22)15(19)8-21-17/h1-8,10H,9H2. The molecule has 2 aromatic rings. The predicted molar refractivity (Wildman–Crippen MR) is 97.4 cm³/mol. The Balaban J connectivity index is 1.72. The molecule has 108 valence electrons. The number of nitrogens with zero attached hydrogens (tertiary/aromatic N) is 3. The van der Waals surface area contributed by atoms with Gasteiger partial charge in [0.2, 0.25) is 0 Å². The van der Waals surface area contributed by atoms with Gasteiger partial charge in [0.15, 0.2) is 0 Å². The summed E-state index contributed by atoms with van der Waals surface area (Å²) in [6.07, 6.45) is 7.78. The van der Waals surface area contributed by atoms with Gasteiger partial charge in [-0.2, -0.15) is 0 Å². The maximum atomic E-state index is 6.03. The monoisotopic (exact) mass is 419 g/mol. The van der Waals surface area contributed by atoms with Crippen LogP contribution in [0.1, 0.15) is 5.56 Å². The van der Waals surface area contributed by atoms with E-state index in [9.17, 15) is 0 Å². The highest BCUT2D eigenvalue weighted by molar-refractivity contribution is 14.1. The molecular weight excluding hydrogens is 409 g/mol. The van der Waals surface area contributed by atoms with Crippen molar-refractivity contribution in [3.63, 3.8) is 0 Å². The summed E-state index contributed by atoms with van der Waals surface area (Å²) in [7, 11) is 0. The normalized spacial score (nSPS) is 11.4. The summed E-state index contributed by atoms with van der Waals surface area (Å²) in [6.45, 7) is 0.805. The second-order valence-corrected chi connectivity index (χ2v) is 6.80. The highest BCUT2D eigenvalue weighted by Gasteiger charge is 2.09. The van der Waals surface area contributed by atoms with E-state index in [2.05, 4.69) is 67.7 Å². The molecule has 0 spiro atoms. The first kappa shape index (κ1) is 14.0. The number of aromatic nitrogens is 3. The quantitative estimate of drug-likeness (QED) is 0.435. The van der Waals surface area contributed by atoms with Crippen LogP contribution >= 0.6 is 34.2 Å². The van der Waals surface area contributed by atoms with Gasteiger partial charge >= 0.3 is 0 Å². The largest absolute Gasteiger partial charge is 0.349 e. The van der Waals surface area contributed by atoms with Crippen LogP contribution in [0.4, 0.5) is 0 Å². The molecule has 2 aliphatic heterocycles. The van der Waals surface area contributed by atoms with E-state index >= 15 is 0 Å². The molecule has 22 heavy (non-hydrogen) atoms. The van der Waals surface area contributed by atoms with Crippen molar-refractivity contribution in [1.82, 2.24) is 14.5 Å². The van der Waals surface area contributed by atoms with Crippen molar-refractivity contribution in [3.8, 4) is 11.3 Å². The summed E-state index contributed by atoms with van der Waals surface area (Å²) in [5, 5.41) is 1.73. The molecule has 1 aromatic heterocycles. The Morgan fingerprint density at radius 2 is 2.00 bits per heavy atom. The second kappa shape index (κ2) is 5.52. The lowest BCUT2D eigenvalue weighted by Gasteiger charge is -2.10. The number of benzene rings is 1. The van der Waals surface area contributed by atoms with Crippen molar-refractivity contribution in [2.45, 2.75) is 6.54 Å². The highest BCUT2D eigenvalue weighted by atomic mass is 127. The fraction of sp³-hybridized carbons (Fsp3) is 0.0588. The van der Waals surface area contributed by atoms with E-state index < -0.39 is 0 Å². The van der Waals surface area contributed by atoms with Crippen LogP contribution in [0.5, 0.6) is 0 Å². The maximum Gasteiger partial charge on any atom is 0.0742 e. The molecule has 1 aromatic carbocycles. The van der Waals surface area contributed by atoms with Gasteiger partial charge in [-0.15, -0.1) is 0 Å². The Hall–Kier alpha value is -1.66. The van der Waals surface area contributed by atoms with Crippen LogP contribution in [0.2, 0.25) is 5.02 Å². The van der Waals surface area contributed by atoms with E-state index in [1.54, 1.807) is 6.20 Å². The van der Waals surface area contributed by atoms with E-state index in [-0.39, 0.29) is 0 Å². The molecule has 0 bridgehead atoms. The van der Waals surface area contributed by atoms with E-state index in [4.69, 9.17) is 11.6 Å². The van der Waals surface area contributed by atoms with Crippen LogP contribution < -0.4 is 0 Å². The third-order valence-electron chi connectivity index (χ3n) is 3.65. The minimum absolute atomic E-state index is 0.663. The average Bonchev–Trinajstić information content (AvgIpc) is 2.88. The van der Waals surface area contributed by atoms with Gasteiger partial charge in [0.05, 0.1) is 16.2 Å². The molecule has 4 rings (SSSR count). The van der Waals surface area contributed by atoms with Gasteiger partial charge in [-0.1, -0.05) is 17.7 Å². The minimum Gasteiger partial charge on any atom is -0.349 e. The van der Waals surface area contributed by atoms with E-state index in [0.717, 1.165) is 23.1 Å². The number of halogens is 2. The Labute approximate surface area is 146 Å². The van der Waals surface area contributed by atoms with Gasteiger partial charge in [0.25, 0.3) is 0 Å². The van der Waals surface area contributed by atoms with Crippen molar-refractivity contribution in [3.05, 3.63) is 69.3 Å². The van der Waals surface area contributed by atoms with Gasteiger partial charge < -0.3 is 4.57 Å². The molecule has 0 atom stereocenters. The smallest absolute Gasteiger partial charge is 0.0742 e. The fourth-order valence-corrected chi connectivity index (χ4v) is 3.31. The van der Waals surface area contributed by atoms with Crippen LogP contribution in [-0.2, 0) is 6.54 Å². The predicted octanol–water partition coefficient (Wildman–Crippen LogP) is 4.84. The van der Waals surface area contributed by atoms with Crippen LogP contribution in [0.3, 0.4) is 0 Å². The van der Waals surface area contributed by atoms with Crippen molar-refractivity contribution in [2.75, 3.05) is 0 Å². The summed E-state index contributed by atoms with van der Waals surface area (Å²) in [6, 6.07) is 10.3. The summed E-state index contributed by atoms with van der Waals surface area (Å²) in [4.78, 5) is 8.70. The van der Waals surface area contributed by atoms with Crippen molar-refractivity contribution in [1.29, 1.82) is 0 Å². The summed E-state index contributed by atoms with van der Waals surface area (Å²) in [5.41, 5.74) is 4.41. The highest BCUT2D eigenvalue weighted by Crippen LogP contribution is 2.26. The van der Waals surface area contributed by atoms with Gasteiger partial charge in [0.1, 0.15) is 0 Å². The fourth-order valence-electron chi connectivity index (χ4n) is 2.59. The third kappa shape index (κ3) is 2.57. The second-order valence-electron chi connectivity index (χ2n) is 5.20. The van der Waals surface area contributed by atoms with E-state index in [0.29, 0.717) is 5.02 Å². The van der Waals surface area contributed by atoms with Gasteiger partial charge in [0, 0.05) is 45.9 Å².